The Morgan fingerprint density at radius 3 is 2.11 bits per heavy atom. The summed E-state index contributed by atoms with van der Waals surface area (Å²) >= 11 is 0. The third-order valence-corrected chi connectivity index (χ3v) is 3.21. The number of Topliss-reactive ketones (excluding diaryl/α,β-unsaturated/α-hetero) is 1. The summed E-state index contributed by atoms with van der Waals surface area (Å²) in [5, 5.41) is 0. The Balaban J connectivity index is 2.65. The van der Waals surface area contributed by atoms with Crippen molar-refractivity contribution in [3.05, 3.63) is 23.8 Å². The highest BCUT2D eigenvalue weighted by molar-refractivity contribution is 6.01. The third-order valence-electron chi connectivity index (χ3n) is 3.21. The van der Waals surface area contributed by atoms with Crippen molar-refractivity contribution in [1.29, 1.82) is 0 Å². The predicted octanol–water partition coefficient (Wildman–Crippen LogP) is 4.25. The Morgan fingerprint density at radius 2 is 1.58 bits per heavy atom. The Bertz CT molecular complexity index is 377. The van der Waals surface area contributed by atoms with Crippen LogP contribution in [0.15, 0.2) is 18.2 Å². The third kappa shape index (κ3) is 4.58. The lowest BCUT2D eigenvalue weighted by Gasteiger charge is -2.11. The number of benzene rings is 1. The Hall–Kier alpha value is -1.51. The highest BCUT2D eigenvalue weighted by Gasteiger charge is 2.17. The second kappa shape index (κ2) is 8.57. The first-order valence-electron chi connectivity index (χ1n) is 6.98. The molecule has 3 nitrogen and oxygen atoms in total. The fourth-order valence-electron chi connectivity index (χ4n) is 2.14. The summed E-state index contributed by atoms with van der Waals surface area (Å²) in [7, 11) is 3.15. The molecule has 1 aromatic rings. The molecule has 0 saturated carbocycles. The monoisotopic (exact) mass is 264 g/mol. The smallest absolute Gasteiger partial charge is 0.170 e. The van der Waals surface area contributed by atoms with E-state index in [9.17, 15) is 4.79 Å². The van der Waals surface area contributed by atoms with E-state index < -0.39 is 0 Å². The number of unbranched alkanes of at least 4 members (excludes halogenated alkanes) is 4. The molecule has 0 atom stereocenters. The van der Waals surface area contributed by atoms with Crippen molar-refractivity contribution in [2.45, 2.75) is 45.4 Å². The normalized spacial score (nSPS) is 10.3. The van der Waals surface area contributed by atoms with E-state index in [4.69, 9.17) is 9.47 Å². The van der Waals surface area contributed by atoms with Gasteiger partial charge in [-0.1, -0.05) is 38.7 Å². The van der Waals surface area contributed by atoms with Crippen molar-refractivity contribution in [2.24, 2.45) is 0 Å². The lowest BCUT2D eigenvalue weighted by molar-refractivity contribution is 0.0973. The molecule has 106 valence electrons. The number of rotatable bonds is 9. The minimum absolute atomic E-state index is 0.103. The van der Waals surface area contributed by atoms with E-state index in [0.29, 0.717) is 23.5 Å². The molecule has 19 heavy (non-hydrogen) atoms. The summed E-state index contributed by atoms with van der Waals surface area (Å²) in [5.41, 5.74) is 0.572. The summed E-state index contributed by atoms with van der Waals surface area (Å²) in [6.07, 6.45) is 6.25. The number of hydrogen-bond donors (Lipinski definition) is 0. The van der Waals surface area contributed by atoms with Crippen LogP contribution in [0.5, 0.6) is 11.5 Å². The van der Waals surface area contributed by atoms with Crippen LogP contribution in [0.25, 0.3) is 0 Å². The van der Waals surface area contributed by atoms with Crippen LogP contribution >= 0.6 is 0 Å². The Morgan fingerprint density at radius 1 is 1.00 bits per heavy atom. The second-order valence-corrected chi connectivity index (χ2v) is 4.62. The zero-order valence-corrected chi connectivity index (χ0v) is 12.2. The van der Waals surface area contributed by atoms with Crippen molar-refractivity contribution in [1.82, 2.24) is 0 Å². The lowest BCUT2D eigenvalue weighted by atomic mass is 10.0. The molecule has 0 fully saturated rings. The molecule has 0 aromatic heterocycles. The average molecular weight is 264 g/mol. The van der Waals surface area contributed by atoms with Crippen molar-refractivity contribution < 1.29 is 14.3 Å². The molecule has 1 rings (SSSR count). The fourth-order valence-corrected chi connectivity index (χ4v) is 2.14. The molecule has 0 radical (unpaired) electrons. The molecule has 0 spiro atoms. The predicted molar refractivity (Wildman–Crippen MR) is 77.3 cm³/mol. The summed E-state index contributed by atoms with van der Waals surface area (Å²) < 4.78 is 10.5. The molecule has 3 heteroatoms. The van der Waals surface area contributed by atoms with Crippen LogP contribution in [0.4, 0.5) is 0 Å². The number of carbonyl (C=O) groups excluding carboxylic acids is 1. The number of carbonyl (C=O) groups is 1. The maximum Gasteiger partial charge on any atom is 0.170 e. The molecule has 0 aliphatic rings. The molecule has 0 amide bonds. The fraction of sp³-hybridized carbons (Fsp3) is 0.562. The van der Waals surface area contributed by atoms with Gasteiger partial charge in [0.1, 0.15) is 17.1 Å². The number of ketones is 1. The van der Waals surface area contributed by atoms with Crippen molar-refractivity contribution >= 4 is 5.78 Å². The van der Waals surface area contributed by atoms with Gasteiger partial charge in [0, 0.05) is 6.42 Å². The quantitative estimate of drug-likeness (QED) is 0.494. The van der Waals surface area contributed by atoms with Crippen molar-refractivity contribution in [3.63, 3.8) is 0 Å². The van der Waals surface area contributed by atoms with E-state index in [1.807, 2.05) is 6.07 Å². The Labute approximate surface area is 115 Å². The van der Waals surface area contributed by atoms with Crippen LogP contribution in [-0.4, -0.2) is 20.0 Å². The van der Waals surface area contributed by atoms with Crippen LogP contribution in [0.3, 0.4) is 0 Å². The highest BCUT2D eigenvalue weighted by atomic mass is 16.5. The summed E-state index contributed by atoms with van der Waals surface area (Å²) in [4.78, 5) is 12.3. The molecular weight excluding hydrogens is 240 g/mol. The molecule has 0 saturated heterocycles. The summed E-state index contributed by atoms with van der Waals surface area (Å²) in [5.74, 6) is 1.29. The second-order valence-electron chi connectivity index (χ2n) is 4.62. The Kier molecular flexibility index (Phi) is 7.01. The minimum Gasteiger partial charge on any atom is -0.496 e. The van der Waals surface area contributed by atoms with E-state index in [0.717, 1.165) is 12.8 Å². The van der Waals surface area contributed by atoms with Gasteiger partial charge in [0.25, 0.3) is 0 Å². The van der Waals surface area contributed by atoms with Crippen LogP contribution < -0.4 is 9.47 Å². The van der Waals surface area contributed by atoms with Gasteiger partial charge < -0.3 is 9.47 Å². The lowest BCUT2D eigenvalue weighted by Crippen LogP contribution is -2.05. The van der Waals surface area contributed by atoms with Gasteiger partial charge in [0.2, 0.25) is 0 Å². The average Bonchev–Trinajstić information content (AvgIpc) is 2.45. The molecule has 0 N–H and O–H groups in total. The van der Waals surface area contributed by atoms with Crippen LogP contribution in [-0.2, 0) is 0 Å². The van der Waals surface area contributed by atoms with Crippen LogP contribution in [0.1, 0.15) is 55.8 Å². The van der Waals surface area contributed by atoms with E-state index in [2.05, 4.69) is 6.92 Å². The van der Waals surface area contributed by atoms with E-state index in [1.165, 1.54) is 19.3 Å². The van der Waals surface area contributed by atoms with E-state index >= 15 is 0 Å². The topological polar surface area (TPSA) is 35.5 Å². The first-order valence-corrected chi connectivity index (χ1v) is 6.98. The largest absolute Gasteiger partial charge is 0.496 e. The van der Waals surface area contributed by atoms with Gasteiger partial charge >= 0.3 is 0 Å². The first kappa shape index (κ1) is 15.5. The molecule has 0 aliphatic heterocycles. The van der Waals surface area contributed by atoms with Gasteiger partial charge in [-0.25, -0.2) is 0 Å². The first-order chi connectivity index (χ1) is 9.24. The highest BCUT2D eigenvalue weighted by Crippen LogP contribution is 2.29. The molecule has 0 unspecified atom stereocenters. The van der Waals surface area contributed by atoms with E-state index in [1.54, 1.807) is 26.4 Å². The van der Waals surface area contributed by atoms with Gasteiger partial charge in [-0.3, -0.25) is 4.79 Å². The molecule has 0 heterocycles. The zero-order chi connectivity index (χ0) is 14.1. The molecular formula is C16H24O3. The molecule has 0 bridgehead atoms. The maximum atomic E-state index is 12.3. The SMILES string of the molecule is CCCCCCCC(=O)c1c(OC)cccc1OC. The van der Waals surface area contributed by atoms with Gasteiger partial charge in [-0.2, -0.15) is 0 Å². The van der Waals surface area contributed by atoms with Gasteiger partial charge in [-0.05, 0) is 18.6 Å². The van der Waals surface area contributed by atoms with E-state index in [-0.39, 0.29) is 5.78 Å². The van der Waals surface area contributed by atoms with Gasteiger partial charge in [-0.15, -0.1) is 0 Å². The molecule has 1 aromatic carbocycles. The maximum absolute atomic E-state index is 12.3. The van der Waals surface area contributed by atoms with Crippen LogP contribution in [0.2, 0.25) is 0 Å². The van der Waals surface area contributed by atoms with Crippen LogP contribution in [0, 0.1) is 0 Å². The number of methoxy groups -OCH3 is 2. The zero-order valence-electron chi connectivity index (χ0n) is 12.2. The van der Waals surface area contributed by atoms with Gasteiger partial charge in [0.05, 0.1) is 14.2 Å². The van der Waals surface area contributed by atoms with Gasteiger partial charge in [0.15, 0.2) is 5.78 Å². The minimum atomic E-state index is 0.103. The summed E-state index contributed by atoms with van der Waals surface area (Å²) in [6.45, 7) is 2.19. The van der Waals surface area contributed by atoms with Crippen molar-refractivity contribution in [2.75, 3.05) is 14.2 Å². The summed E-state index contributed by atoms with van der Waals surface area (Å²) in [6, 6.07) is 5.43. The number of ether oxygens (including phenoxy) is 2. The number of hydrogen-bond acceptors (Lipinski definition) is 3. The van der Waals surface area contributed by atoms with Crippen molar-refractivity contribution in [3.8, 4) is 11.5 Å². The molecule has 0 aliphatic carbocycles. The standard InChI is InChI=1S/C16H24O3/c1-4-5-6-7-8-10-13(17)16-14(18-2)11-9-12-15(16)19-3/h9,11-12H,4-8,10H2,1-3H3.